The number of anilines is 2. The van der Waals surface area contributed by atoms with Crippen LogP contribution in [0.3, 0.4) is 0 Å². The molecular formula is C13H18Cl2N2O2. The van der Waals surface area contributed by atoms with Gasteiger partial charge in [0.2, 0.25) is 5.91 Å². The standard InChI is InChI=1S/C13H18Cl2N2O2/c1-4-13(2,3)19-7-11(18)17-12-9(15)5-8(14)6-10(12)16/h5-6H,4,7,16H2,1-3H3,(H,17,18). The number of benzene rings is 1. The van der Waals surface area contributed by atoms with E-state index in [-0.39, 0.29) is 18.1 Å². The molecule has 0 aliphatic heterocycles. The highest BCUT2D eigenvalue weighted by Gasteiger charge is 2.18. The second-order valence-corrected chi connectivity index (χ2v) is 5.65. The molecule has 0 radical (unpaired) electrons. The van der Waals surface area contributed by atoms with Gasteiger partial charge < -0.3 is 15.8 Å². The van der Waals surface area contributed by atoms with Crippen LogP contribution in [0.5, 0.6) is 0 Å². The number of nitrogen functional groups attached to an aromatic ring is 1. The lowest BCUT2D eigenvalue weighted by atomic mass is 10.1. The highest BCUT2D eigenvalue weighted by molar-refractivity contribution is 6.37. The predicted octanol–water partition coefficient (Wildman–Crippen LogP) is 3.72. The van der Waals surface area contributed by atoms with Crippen LogP contribution >= 0.6 is 23.2 Å². The van der Waals surface area contributed by atoms with Crippen molar-refractivity contribution in [1.82, 2.24) is 0 Å². The third-order valence-corrected chi connectivity index (χ3v) is 3.31. The highest BCUT2D eigenvalue weighted by atomic mass is 35.5. The summed E-state index contributed by atoms with van der Waals surface area (Å²) in [5.41, 5.74) is 6.09. The average molecular weight is 305 g/mol. The molecule has 0 spiro atoms. The molecule has 1 aromatic carbocycles. The van der Waals surface area contributed by atoms with Gasteiger partial charge in [-0.15, -0.1) is 0 Å². The summed E-state index contributed by atoms with van der Waals surface area (Å²) >= 11 is 11.8. The predicted molar refractivity (Wildman–Crippen MR) is 79.8 cm³/mol. The summed E-state index contributed by atoms with van der Waals surface area (Å²) in [4.78, 5) is 11.8. The Balaban J connectivity index is 2.68. The fourth-order valence-electron chi connectivity index (χ4n) is 1.26. The van der Waals surface area contributed by atoms with Crippen LogP contribution in [0.2, 0.25) is 10.0 Å². The zero-order chi connectivity index (χ0) is 14.6. The van der Waals surface area contributed by atoms with Crippen LogP contribution in [0.4, 0.5) is 11.4 Å². The molecule has 3 N–H and O–H groups in total. The highest BCUT2D eigenvalue weighted by Crippen LogP contribution is 2.32. The first-order chi connectivity index (χ1) is 8.75. The summed E-state index contributed by atoms with van der Waals surface area (Å²) < 4.78 is 5.49. The van der Waals surface area contributed by atoms with Gasteiger partial charge in [0.1, 0.15) is 6.61 Å². The van der Waals surface area contributed by atoms with Crippen molar-refractivity contribution in [3.8, 4) is 0 Å². The molecule has 0 saturated carbocycles. The second-order valence-electron chi connectivity index (χ2n) is 4.80. The molecule has 0 aromatic heterocycles. The Morgan fingerprint density at radius 1 is 1.42 bits per heavy atom. The average Bonchev–Trinajstić information content (AvgIpc) is 2.31. The van der Waals surface area contributed by atoms with E-state index in [1.165, 1.54) is 12.1 Å². The lowest BCUT2D eigenvalue weighted by molar-refractivity contribution is -0.126. The van der Waals surface area contributed by atoms with Crippen molar-refractivity contribution in [3.63, 3.8) is 0 Å². The molecule has 0 fully saturated rings. The molecule has 1 rings (SSSR count). The zero-order valence-electron chi connectivity index (χ0n) is 11.2. The molecule has 0 bridgehead atoms. The number of hydrogen-bond acceptors (Lipinski definition) is 3. The van der Waals surface area contributed by atoms with Crippen LogP contribution < -0.4 is 11.1 Å². The maximum Gasteiger partial charge on any atom is 0.250 e. The van der Waals surface area contributed by atoms with Gasteiger partial charge in [0.05, 0.1) is 22.0 Å². The van der Waals surface area contributed by atoms with Crippen LogP contribution in [0, 0.1) is 0 Å². The first kappa shape index (κ1) is 16.1. The van der Waals surface area contributed by atoms with E-state index in [4.69, 9.17) is 33.7 Å². The summed E-state index contributed by atoms with van der Waals surface area (Å²) in [5, 5.41) is 3.34. The van der Waals surface area contributed by atoms with Crippen LogP contribution in [-0.4, -0.2) is 18.1 Å². The minimum absolute atomic E-state index is 0.0563. The Morgan fingerprint density at radius 3 is 2.58 bits per heavy atom. The molecule has 0 unspecified atom stereocenters. The lowest BCUT2D eigenvalue weighted by Crippen LogP contribution is -2.29. The van der Waals surface area contributed by atoms with Crippen molar-refractivity contribution >= 4 is 40.5 Å². The number of hydrogen-bond donors (Lipinski definition) is 2. The molecule has 0 aliphatic carbocycles. The van der Waals surface area contributed by atoms with Crippen molar-refractivity contribution in [1.29, 1.82) is 0 Å². The van der Waals surface area contributed by atoms with Crippen LogP contribution in [0.25, 0.3) is 0 Å². The van der Waals surface area contributed by atoms with Gasteiger partial charge in [-0.2, -0.15) is 0 Å². The first-order valence-electron chi connectivity index (χ1n) is 5.93. The zero-order valence-corrected chi connectivity index (χ0v) is 12.7. The molecule has 4 nitrogen and oxygen atoms in total. The van der Waals surface area contributed by atoms with Crippen molar-refractivity contribution in [2.75, 3.05) is 17.7 Å². The Bertz CT molecular complexity index is 453. The molecule has 1 amide bonds. The van der Waals surface area contributed by atoms with E-state index in [1.54, 1.807) is 0 Å². The summed E-state index contributed by atoms with van der Waals surface area (Å²) in [7, 11) is 0. The number of nitrogens with one attached hydrogen (secondary N) is 1. The van der Waals surface area contributed by atoms with Crippen molar-refractivity contribution in [2.24, 2.45) is 0 Å². The summed E-state index contributed by atoms with van der Waals surface area (Å²) in [6.45, 7) is 5.78. The van der Waals surface area contributed by atoms with Crippen molar-refractivity contribution in [2.45, 2.75) is 32.8 Å². The van der Waals surface area contributed by atoms with Gasteiger partial charge in [0, 0.05) is 5.02 Å². The van der Waals surface area contributed by atoms with Gasteiger partial charge in [-0.25, -0.2) is 0 Å². The SMILES string of the molecule is CCC(C)(C)OCC(=O)Nc1c(N)cc(Cl)cc1Cl. The van der Waals surface area contributed by atoms with Crippen LogP contribution in [0.15, 0.2) is 12.1 Å². The molecule has 0 heterocycles. The van der Waals surface area contributed by atoms with Gasteiger partial charge >= 0.3 is 0 Å². The normalized spacial score (nSPS) is 11.4. The lowest BCUT2D eigenvalue weighted by Gasteiger charge is -2.23. The van der Waals surface area contributed by atoms with E-state index >= 15 is 0 Å². The Kier molecular flexibility index (Phi) is 5.47. The Hall–Kier alpha value is -0.970. The van der Waals surface area contributed by atoms with Gasteiger partial charge in [-0.05, 0) is 32.4 Å². The van der Waals surface area contributed by atoms with Gasteiger partial charge in [-0.3, -0.25) is 4.79 Å². The number of ether oxygens (including phenoxy) is 1. The number of carbonyl (C=O) groups excluding carboxylic acids is 1. The third-order valence-electron chi connectivity index (χ3n) is 2.80. The Morgan fingerprint density at radius 2 is 2.05 bits per heavy atom. The van der Waals surface area contributed by atoms with E-state index in [2.05, 4.69) is 5.32 Å². The number of rotatable bonds is 5. The van der Waals surface area contributed by atoms with E-state index in [0.717, 1.165) is 6.42 Å². The number of amides is 1. The van der Waals surface area contributed by atoms with Gasteiger partial charge in [0.25, 0.3) is 0 Å². The molecular weight excluding hydrogens is 287 g/mol. The van der Waals surface area contributed by atoms with E-state index in [9.17, 15) is 4.79 Å². The monoisotopic (exact) mass is 304 g/mol. The second kappa shape index (κ2) is 6.46. The van der Waals surface area contributed by atoms with E-state index in [0.29, 0.717) is 21.4 Å². The van der Waals surface area contributed by atoms with Gasteiger partial charge in [0.15, 0.2) is 0 Å². The molecule has 6 heteroatoms. The number of nitrogens with two attached hydrogens (primary N) is 1. The summed E-state index contributed by atoms with van der Waals surface area (Å²) in [5.74, 6) is -0.308. The molecule has 0 aliphatic rings. The fraction of sp³-hybridized carbons (Fsp3) is 0.462. The molecule has 106 valence electrons. The quantitative estimate of drug-likeness (QED) is 0.815. The van der Waals surface area contributed by atoms with E-state index < -0.39 is 0 Å². The van der Waals surface area contributed by atoms with E-state index in [1.807, 2.05) is 20.8 Å². The van der Waals surface area contributed by atoms with Crippen molar-refractivity contribution in [3.05, 3.63) is 22.2 Å². The van der Waals surface area contributed by atoms with Gasteiger partial charge in [-0.1, -0.05) is 30.1 Å². The number of carbonyl (C=O) groups is 1. The minimum atomic E-state index is -0.341. The Labute approximate surface area is 123 Å². The van der Waals surface area contributed by atoms with Crippen molar-refractivity contribution < 1.29 is 9.53 Å². The fourth-order valence-corrected chi connectivity index (χ4v) is 1.82. The molecule has 19 heavy (non-hydrogen) atoms. The molecule has 0 saturated heterocycles. The summed E-state index contributed by atoms with van der Waals surface area (Å²) in [6.07, 6.45) is 0.810. The molecule has 1 aromatic rings. The number of halogens is 2. The maximum atomic E-state index is 11.8. The smallest absolute Gasteiger partial charge is 0.250 e. The maximum absolute atomic E-state index is 11.8. The van der Waals surface area contributed by atoms with Crippen LogP contribution in [-0.2, 0) is 9.53 Å². The third kappa shape index (κ3) is 4.90. The largest absolute Gasteiger partial charge is 0.397 e. The summed E-state index contributed by atoms with van der Waals surface area (Å²) in [6, 6.07) is 3.05. The van der Waals surface area contributed by atoms with Crippen LogP contribution in [0.1, 0.15) is 27.2 Å². The molecule has 0 atom stereocenters. The minimum Gasteiger partial charge on any atom is -0.397 e. The topological polar surface area (TPSA) is 64.3 Å². The first-order valence-corrected chi connectivity index (χ1v) is 6.69.